The third kappa shape index (κ3) is 3.31. The molecule has 18 heavy (non-hydrogen) atoms. The molecule has 0 aliphatic rings. The smallest absolute Gasteiger partial charge is 0.0634 e. The van der Waals surface area contributed by atoms with Crippen LogP contribution < -0.4 is 5.32 Å². The standard InChI is InChI=1S/C14H14BrClN2/c1-10(12-4-2-3-5-13(12)15)18-8-11-6-7-17-9-14(11)16/h2-7,9-10,18H,8H2,1H3/t10-/m1/s1. The molecule has 1 aromatic heterocycles. The molecule has 0 aliphatic heterocycles. The lowest BCUT2D eigenvalue weighted by atomic mass is 10.1. The van der Waals surface area contributed by atoms with Crippen molar-refractivity contribution in [2.75, 3.05) is 0 Å². The molecular formula is C14H14BrClN2. The van der Waals surface area contributed by atoms with Gasteiger partial charge in [-0.2, -0.15) is 0 Å². The molecular weight excluding hydrogens is 312 g/mol. The summed E-state index contributed by atoms with van der Waals surface area (Å²) in [6.07, 6.45) is 3.42. The zero-order valence-corrected chi connectivity index (χ0v) is 12.4. The van der Waals surface area contributed by atoms with Crippen LogP contribution in [-0.4, -0.2) is 4.98 Å². The van der Waals surface area contributed by atoms with Crippen LogP contribution in [-0.2, 0) is 6.54 Å². The molecule has 0 radical (unpaired) electrons. The summed E-state index contributed by atoms with van der Waals surface area (Å²) < 4.78 is 1.12. The number of pyridine rings is 1. The highest BCUT2D eigenvalue weighted by atomic mass is 79.9. The molecule has 0 bridgehead atoms. The van der Waals surface area contributed by atoms with Crippen molar-refractivity contribution in [1.82, 2.24) is 10.3 Å². The number of rotatable bonds is 4. The lowest BCUT2D eigenvalue weighted by Crippen LogP contribution is -2.18. The van der Waals surface area contributed by atoms with Gasteiger partial charge in [0.15, 0.2) is 0 Å². The van der Waals surface area contributed by atoms with Gasteiger partial charge in [0.05, 0.1) is 5.02 Å². The van der Waals surface area contributed by atoms with Crippen LogP contribution in [0.15, 0.2) is 47.2 Å². The Balaban J connectivity index is 2.03. The first-order valence-corrected chi connectivity index (χ1v) is 6.92. The third-order valence-electron chi connectivity index (χ3n) is 2.83. The quantitative estimate of drug-likeness (QED) is 0.904. The average molecular weight is 326 g/mol. The predicted molar refractivity (Wildman–Crippen MR) is 78.6 cm³/mol. The minimum Gasteiger partial charge on any atom is -0.306 e. The number of aromatic nitrogens is 1. The molecule has 0 unspecified atom stereocenters. The lowest BCUT2D eigenvalue weighted by molar-refractivity contribution is 0.572. The fraction of sp³-hybridized carbons (Fsp3) is 0.214. The summed E-state index contributed by atoms with van der Waals surface area (Å²) in [5.74, 6) is 0. The van der Waals surface area contributed by atoms with E-state index in [1.807, 2.05) is 24.3 Å². The maximum atomic E-state index is 6.07. The van der Waals surface area contributed by atoms with E-state index in [4.69, 9.17) is 11.6 Å². The summed E-state index contributed by atoms with van der Waals surface area (Å²) in [6.45, 7) is 2.86. The molecule has 1 aromatic carbocycles. The van der Waals surface area contributed by atoms with Crippen molar-refractivity contribution in [3.63, 3.8) is 0 Å². The largest absolute Gasteiger partial charge is 0.306 e. The van der Waals surface area contributed by atoms with E-state index >= 15 is 0 Å². The summed E-state index contributed by atoms with van der Waals surface area (Å²) >= 11 is 9.63. The van der Waals surface area contributed by atoms with Crippen LogP contribution in [0.5, 0.6) is 0 Å². The van der Waals surface area contributed by atoms with E-state index in [2.05, 4.69) is 39.2 Å². The van der Waals surface area contributed by atoms with E-state index in [0.29, 0.717) is 5.02 Å². The van der Waals surface area contributed by atoms with Crippen LogP contribution in [0.4, 0.5) is 0 Å². The molecule has 1 heterocycles. The van der Waals surface area contributed by atoms with Gasteiger partial charge in [-0.05, 0) is 30.2 Å². The fourth-order valence-electron chi connectivity index (χ4n) is 1.75. The van der Waals surface area contributed by atoms with Gasteiger partial charge >= 0.3 is 0 Å². The molecule has 4 heteroatoms. The normalized spacial score (nSPS) is 12.4. The van der Waals surface area contributed by atoms with Crippen LogP contribution in [0, 0.1) is 0 Å². The molecule has 1 atom stereocenters. The summed E-state index contributed by atoms with van der Waals surface area (Å²) in [4.78, 5) is 3.98. The topological polar surface area (TPSA) is 24.9 Å². The van der Waals surface area contributed by atoms with E-state index in [1.165, 1.54) is 5.56 Å². The van der Waals surface area contributed by atoms with Gasteiger partial charge in [0.1, 0.15) is 0 Å². The van der Waals surface area contributed by atoms with Gasteiger partial charge in [-0.25, -0.2) is 0 Å². The number of halogens is 2. The van der Waals surface area contributed by atoms with Gasteiger partial charge in [0, 0.05) is 29.5 Å². The first-order valence-electron chi connectivity index (χ1n) is 5.74. The van der Waals surface area contributed by atoms with Crippen molar-refractivity contribution in [3.8, 4) is 0 Å². The Hall–Kier alpha value is -0.900. The molecule has 0 aliphatic carbocycles. The van der Waals surface area contributed by atoms with Gasteiger partial charge < -0.3 is 5.32 Å². The monoisotopic (exact) mass is 324 g/mol. The number of nitrogens with one attached hydrogen (secondary N) is 1. The maximum absolute atomic E-state index is 6.07. The molecule has 0 saturated heterocycles. The van der Waals surface area contributed by atoms with Crippen molar-refractivity contribution in [2.24, 2.45) is 0 Å². The Kier molecular flexibility index (Phi) is 4.75. The molecule has 2 aromatic rings. The molecule has 0 amide bonds. The molecule has 94 valence electrons. The van der Waals surface area contributed by atoms with Crippen LogP contribution in [0.1, 0.15) is 24.1 Å². The average Bonchev–Trinajstić information content (AvgIpc) is 2.38. The second-order valence-electron chi connectivity index (χ2n) is 4.09. The van der Waals surface area contributed by atoms with E-state index in [9.17, 15) is 0 Å². The predicted octanol–water partition coefficient (Wildman–Crippen LogP) is 4.35. The van der Waals surface area contributed by atoms with E-state index in [-0.39, 0.29) is 6.04 Å². The first kappa shape index (κ1) is 13.5. The van der Waals surface area contributed by atoms with Crippen molar-refractivity contribution in [3.05, 3.63) is 63.3 Å². The number of hydrogen-bond acceptors (Lipinski definition) is 2. The van der Waals surface area contributed by atoms with Crippen molar-refractivity contribution < 1.29 is 0 Å². The molecule has 0 fully saturated rings. The zero-order chi connectivity index (χ0) is 13.0. The van der Waals surface area contributed by atoms with Gasteiger partial charge in [0.2, 0.25) is 0 Å². The van der Waals surface area contributed by atoms with Gasteiger partial charge in [0.25, 0.3) is 0 Å². The highest BCUT2D eigenvalue weighted by molar-refractivity contribution is 9.10. The van der Waals surface area contributed by atoms with Crippen molar-refractivity contribution in [1.29, 1.82) is 0 Å². The minimum atomic E-state index is 0.254. The fourth-order valence-corrected chi connectivity index (χ4v) is 2.56. The molecule has 2 rings (SSSR count). The molecule has 0 saturated carbocycles. The maximum Gasteiger partial charge on any atom is 0.0634 e. The number of benzene rings is 1. The lowest BCUT2D eigenvalue weighted by Gasteiger charge is -2.16. The Bertz CT molecular complexity index is 531. The third-order valence-corrected chi connectivity index (χ3v) is 3.89. The minimum absolute atomic E-state index is 0.254. The van der Waals surface area contributed by atoms with Crippen molar-refractivity contribution >= 4 is 27.5 Å². The number of nitrogens with zero attached hydrogens (tertiary/aromatic N) is 1. The van der Waals surface area contributed by atoms with Crippen LogP contribution in [0.25, 0.3) is 0 Å². The van der Waals surface area contributed by atoms with E-state index < -0.39 is 0 Å². The Labute approximate surface area is 121 Å². The molecule has 0 spiro atoms. The Morgan fingerprint density at radius 3 is 2.83 bits per heavy atom. The molecule has 1 N–H and O–H groups in total. The Morgan fingerprint density at radius 1 is 1.33 bits per heavy atom. The second-order valence-corrected chi connectivity index (χ2v) is 5.35. The highest BCUT2D eigenvalue weighted by Gasteiger charge is 2.08. The second kappa shape index (κ2) is 6.32. The van der Waals surface area contributed by atoms with E-state index in [1.54, 1.807) is 12.4 Å². The summed E-state index contributed by atoms with van der Waals surface area (Å²) in [7, 11) is 0. The van der Waals surface area contributed by atoms with Crippen molar-refractivity contribution in [2.45, 2.75) is 19.5 Å². The first-order chi connectivity index (χ1) is 8.68. The SMILES string of the molecule is C[C@@H](NCc1ccncc1Cl)c1ccccc1Br. The van der Waals surface area contributed by atoms with Crippen LogP contribution in [0.2, 0.25) is 5.02 Å². The van der Waals surface area contributed by atoms with Gasteiger partial charge in [-0.15, -0.1) is 0 Å². The van der Waals surface area contributed by atoms with Gasteiger partial charge in [-0.1, -0.05) is 45.7 Å². The van der Waals surface area contributed by atoms with Crippen LogP contribution >= 0.6 is 27.5 Å². The van der Waals surface area contributed by atoms with Crippen LogP contribution in [0.3, 0.4) is 0 Å². The molecule has 2 nitrogen and oxygen atoms in total. The summed E-state index contributed by atoms with van der Waals surface area (Å²) in [5, 5.41) is 4.15. The summed E-state index contributed by atoms with van der Waals surface area (Å²) in [5.41, 5.74) is 2.30. The van der Waals surface area contributed by atoms with Gasteiger partial charge in [-0.3, -0.25) is 4.98 Å². The zero-order valence-electron chi connectivity index (χ0n) is 10.0. The number of hydrogen-bond donors (Lipinski definition) is 1. The summed E-state index contributed by atoms with van der Waals surface area (Å²) in [6, 6.07) is 10.4. The Morgan fingerprint density at radius 2 is 2.11 bits per heavy atom. The highest BCUT2D eigenvalue weighted by Crippen LogP contribution is 2.23. The van der Waals surface area contributed by atoms with E-state index in [0.717, 1.165) is 16.6 Å².